The molecule has 0 fully saturated rings. The summed E-state index contributed by atoms with van der Waals surface area (Å²) in [5.41, 5.74) is 0.900. The van der Waals surface area contributed by atoms with Gasteiger partial charge >= 0.3 is 6.03 Å². The van der Waals surface area contributed by atoms with Crippen molar-refractivity contribution in [1.29, 1.82) is 0 Å². The molecule has 0 radical (unpaired) electrons. The van der Waals surface area contributed by atoms with Gasteiger partial charge in [-0.25, -0.2) is 4.79 Å². The van der Waals surface area contributed by atoms with E-state index in [1.54, 1.807) is 6.08 Å². The number of anilines is 1. The predicted octanol–water partition coefficient (Wildman–Crippen LogP) is 4.80. The number of carbonyl (C=O) groups excluding carboxylic acids is 1. The summed E-state index contributed by atoms with van der Waals surface area (Å²) in [6.07, 6.45) is 3.17. The van der Waals surface area contributed by atoms with Gasteiger partial charge in [-0.2, -0.15) is 0 Å². The van der Waals surface area contributed by atoms with Gasteiger partial charge in [0.1, 0.15) is 0 Å². The monoisotopic (exact) mass is 395 g/mol. The SMILES string of the molecule is O=C(N/C=C/c1cccc(Br)c1)Nc1cc([N+](=O)[O-])ccc1Cl. The topological polar surface area (TPSA) is 84.3 Å². The Labute approximate surface area is 145 Å². The van der Waals surface area contributed by atoms with Gasteiger partial charge in [0, 0.05) is 22.8 Å². The van der Waals surface area contributed by atoms with Crippen molar-refractivity contribution in [3.05, 3.63) is 73.8 Å². The standard InChI is InChI=1S/C15H11BrClN3O3/c16-11-3-1-2-10(8-11)6-7-18-15(21)19-14-9-12(20(22)23)4-5-13(14)17/h1-9H,(H2,18,19,21)/b7-6+. The first-order chi connectivity index (χ1) is 11.0. The first-order valence-corrected chi connectivity index (χ1v) is 7.56. The molecule has 0 aliphatic rings. The van der Waals surface area contributed by atoms with Crippen molar-refractivity contribution in [1.82, 2.24) is 5.32 Å². The van der Waals surface area contributed by atoms with Crippen molar-refractivity contribution >= 4 is 51.0 Å². The molecule has 0 saturated heterocycles. The van der Waals surface area contributed by atoms with Crippen LogP contribution in [0.25, 0.3) is 6.08 Å². The molecule has 8 heteroatoms. The lowest BCUT2D eigenvalue weighted by Crippen LogP contribution is -2.23. The Balaban J connectivity index is 2.00. The van der Waals surface area contributed by atoms with E-state index in [0.29, 0.717) is 0 Å². The van der Waals surface area contributed by atoms with Crippen molar-refractivity contribution in [3.8, 4) is 0 Å². The highest BCUT2D eigenvalue weighted by Gasteiger charge is 2.11. The zero-order valence-electron chi connectivity index (χ0n) is 11.6. The molecule has 2 aromatic rings. The van der Waals surface area contributed by atoms with E-state index in [2.05, 4.69) is 26.6 Å². The third-order valence-corrected chi connectivity index (χ3v) is 3.57. The molecule has 2 rings (SSSR count). The molecule has 2 aromatic carbocycles. The fourth-order valence-electron chi connectivity index (χ4n) is 1.70. The number of hydrogen-bond acceptors (Lipinski definition) is 3. The quantitative estimate of drug-likeness (QED) is 0.575. The lowest BCUT2D eigenvalue weighted by Gasteiger charge is -2.06. The Kier molecular flexibility index (Phi) is 5.72. The normalized spacial score (nSPS) is 10.5. The number of nitro benzene ring substituents is 1. The molecule has 23 heavy (non-hydrogen) atoms. The maximum Gasteiger partial charge on any atom is 0.323 e. The van der Waals surface area contributed by atoms with Crippen molar-refractivity contribution in [2.24, 2.45) is 0 Å². The summed E-state index contributed by atoms with van der Waals surface area (Å²) in [5, 5.41) is 15.9. The van der Waals surface area contributed by atoms with Gasteiger partial charge in [-0.3, -0.25) is 10.1 Å². The van der Waals surface area contributed by atoms with Crippen molar-refractivity contribution in [2.45, 2.75) is 0 Å². The fourth-order valence-corrected chi connectivity index (χ4v) is 2.29. The van der Waals surface area contributed by atoms with Crippen molar-refractivity contribution in [2.75, 3.05) is 5.32 Å². The summed E-state index contributed by atoms with van der Waals surface area (Å²) in [6, 6.07) is 10.8. The second-order valence-electron chi connectivity index (χ2n) is 4.41. The zero-order chi connectivity index (χ0) is 16.8. The van der Waals surface area contributed by atoms with Crippen molar-refractivity contribution in [3.63, 3.8) is 0 Å². The van der Waals surface area contributed by atoms with Gasteiger partial charge in [-0.05, 0) is 29.8 Å². The first kappa shape index (κ1) is 17.0. The Morgan fingerprint density at radius 2 is 2.04 bits per heavy atom. The van der Waals surface area contributed by atoms with Crippen LogP contribution >= 0.6 is 27.5 Å². The summed E-state index contributed by atoms with van der Waals surface area (Å²) in [6.45, 7) is 0. The lowest BCUT2D eigenvalue weighted by atomic mass is 10.2. The zero-order valence-corrected chi connectivity index (χ0v) is 14.0. The maximum atomic E-state index is 11.8. The number of amides is 2. The van der Waals surface area contributed by atoms with Crippen LogP contribution in [0, 0.1) is 10.1 Å². The summed E-state index contributed by atoms with van der Waals surface area (Å²) in [7, 11) is 0. The van der Waals surface area contributed by atoms with Crippen LogP contribution in [-0.2, 0) is 0 Å². The first-order valence-electron chi connectivity index (χ1n) is 6.39. The van der Waals surface area contributed by atoms with E-state index in [1.165, 1.54) is 24.4 Å². The minimum atomic E-state index is -0.563. The molecule has 0 aromatic heterocycles. The second-order valence-corrected chi connectivity index (χ2v) is 5.73. The van der Waals surface area contributed by atoms with E-state index >= 15 is 0 Å². The van der Waals surface area contributed by atoms with Gasteiger partial charge in [0.25, 0.3) is 5.69 Å². The molecule has 0 unspecified atom stereocenters. The third-order valence-electron chi connectivity index (χ3n) is 2.75. The highest BCUT2D eigenvalue weighted by atomic mass is 79.9. The fraction of sp³-hybridized carbons (Fsp3) is 0. The number of rotatable bonds is 4. The molecule has 6 nitrogen and oxygen atoms in total. The summed E-state index contributed by atoms with van der Waals surface area (Å²) >= 11 is 9.25. The Morgan fingerprint density at radius 3 is 2.74 bits per heavy atom. The smallest absolute Gasteiger partial charge is 0.314 e. The van der Waals surface area contributed by atoms with Crippen LogP contribution in [0.3, 0.4) is 0 Å². The van der Waals surface area contributed by atoms with Crippen LogP contribution in [0.5, 0.6) is 0 Å². The molecule has 0 spiro atoms. The molecule has 0 saturated carbocycles. The average molecular weight is 397 g/mol. The molecular formula is C15H11BrClN3O3. The van der Waals surface area contributed by atoms with Gasteiger partial charge in [-0.1, -0.05) is 39.7 Å². The number of non-ortho nitro benzene ring substituents is 1. The van der Waals surface area contributed by atoms with E-state index in [9.17, 15) is 14.9 Å². The summed E-state index contributed by atoms with van der Waals surface area (Å²) in [4.78, 5) is 22.0. The molecule has 0 atom stereocenters. The minimum absolute atomic E-state index is 0.158. The van der Waals surface area contributed by atoms with E-state index in [0.717, 1.165) is 10.0 Å². The van der Waals surface area contributed by atoms with Gasteiger partial charge < -0.3 is 10.6 Å². The average Bonchev–Trinajstić information content (AvgIpc) is 2.49. The van der Waals surface area contributed by atoms with Crippen LogP contribution in [0.15, 0.2) is 53.1 Å². The largest absolute Gasteiger partial charge is 0.323 e. The predicted molar refractivity (Wildman–Crippen MR) is 93.4 cm³/mol. The van der Waals surface area contributed by atoms with Crippen LogP contribution in [-0.4, -0.2) is 11.0 Å². The molecule has 118 valence electrons. The Hall–Kier alpha value is -2.38. The number of benzene rings is 2. The molecular weight excluding hydrogens is 386 g/mol. The number of urea groups is 1. The number of nitrogens with zero attached hydrogens (tertiary/aromatic N) is 1. The van der Waals surface area contributed by atoms with Crippen LogP contribution < -0.4 is 10.6 Å². The number of halogens is 2. The van der Waals surface area contributed by atoms with Gasteiger partial charge in [0.05, 0.1) is 15.6 Å². The molecule has 2 amide bonds. The van der Waals surface area contributed by atoms with E-state index < -0.39 is 11.0 Å². The van der Waals surface area contributed by atoms with Crippen LogP contribution in [0.2, 0.25) is 5.02 Å². The summed E-state index contributed by atoms with van der Waals surface area (Å²) < 4.78 is 0.924. The highest BCUT2D eigenvalue weighted by molar-refractivity contribution is 9.10. The van der Waals surface area contributed by atoms with E-state index in [4.69, 9.17) is 11.6 Å². The van der Waals surface area contributed by atoms with E-state index in [1.807, 2.05) is 24.3 Å². The molecule has 0 heterocycles. The molecule has 0 aliphatic carbocycles. The maximum absolute atomic E-state index is 11.8. The molecule has 2 N–H and O–H groups in total. The highest BCUT2D eigenvalue weighted by Crippen LogP contribution is 2.26. The van der Waals surface area contributed by atoms with Crippen LogP contribution in [0.1, 0.15) is 5.56 Å². The third kappa shape index (κ3) is 5.08. The minimum Gasteiger partial charge on any atom is -0.314 e. The van der Waals surface area contributed by atoms with Crippen molar-refractivity contribution < 1.29 is 9.72 Å². The molecule has 0 aliphatic heterocycles. The lowest BCUT2D eigenvalue weighted by molar-refractivity contribution is -0.384. The van der Waals surface area contributed by atoms with Gasteiger partial charge in [0.15, 0.2) is 0 Å². The number of nitro groups is 1. The number of nitrogens with one attached hydrogen (secondary N) is 2. The number of carbonyl (C=O) groups is 1. The second kappa shape index (κ2) is 7.75. The van der Waals surface area contributed by atoms with Gasteiger partial charge in [0.2, 0.25) is 0 Å². The molecule has 0 bridgehead atoms. The van der Waals surface area contributed by atoms with Gasteiger partial charge in [-0.15, -0.1) is 0 Å². The Bertz CT molecular complexity index is 780. The van der Waals surface area contributed by atoms with Crippen LogP contribution in [0.4, 0.5) is 16.2 Å². The summed E-state index contributed by atoms with van der Waals surface area (Å²) in [5.74, 6) is 0. The Morgan fingerprint density at radius 1 is 1.26 bits per heavy atom. The van der Waals surface area contributed by atoms with E-state index in [-0.39, 0.29) is 16.4 Å². The number of hydrogen-bond donors (Lipinski definition) is 2.